The second kappa shape index (κ2) is 12.9. The summed E-state index contributed by atoms with van der Waals surface area (Å²) in [6.07, 6.45) is 2.16. The first-order chi connectivity index (χ1) is 21.8. The van der Waals surface area contributed by atoms with Crippen LogP contribution >= 0.6 is 11.3 Å². The summed E-state index contributed by atoms with van der Waals surface area (Å²) >= 11 is 1.39. The molecule has 0 radical (unpaired) electrons. The average Bonchev–Trinajstić information content (AvgIpc) is 3.56. The fourth-order valence-corrected chi connectivity index (χ4v) is 7.03. The lowest BCUT2D eigenvalue weighted by atomic mass is 9.99. The minimum Gasteiger partial charge on any atom is -0.482 e. The first-order valence-electron chi connectivity index (χ1n) is 15.4. The van der Waals surface area contributed by atoms with E-state index in [2.05, 4.69) is 22.5 Å². The maximum absolute atomic E-state index is 14.3. The Morgan fingerprint density at radius 1 is 1.20 bits per heavy atom. The van der Waals surface area contributed by atoms with Crippen molar-refractivity contribution in [2.75, 3.05) is 43.8 Å². The number of amides is 5. The molecule has 2 fully saturated rings. The molecule has 3 aliphatic rings. The summed E-state index contributed by atoms with van der Waals surface area (Å²) < 4.78 is 6.45. The summed E-state index contributed by atoms with van der Waals surface area (Å²) in [7, 11) is 0. The molecule has 0 spiro atoms. The first kappa shape index (κ1) is 30.6. The molecule has 0 unspecified atom stereocenters. The highest BCUT2D eigenvalue weighted by Gasteiger charge is 2.52. The Balaban J connectivity index is 1.34. The van der Waals surface area contributed by atoms with Gasteiger partial charge in [0.25, 0.3) is 5.91 Å². The van der Waals surface area contributed by atoms with Crippen LogP contribution in [-0.4, -0.2) is 93.5 Å². The maximum atomic E-state index is 14.3. The Hall–Kier alpha value is -4.43. The molecule has 2 aromatic carbocycles. The number of benzene rings is 2. The second-order valence-electron chi connectivity index (χ2n) is 11.5. The van der Waals surface area contributed by atoms with Gasteiger partial charge in [0.1, 0.15) is 18.0 Å². The van der Waals surface area contributed by atoms with Gasteiger partial charge in [0, 0.05) is 26.1 Å². The van der Waals surface area contributed by atoms with Gasteiger partial charge in [-0.1, -0.05) is 49.8 Å². The fourth-order valence-electron chi connectivity index (χ4n) is 6.25. The van der Waals surface area contributed by atoms with Crippen molar-refractivity contribution in [2.45, 2.75) is 58.3 Å². The Kier molecular flexibility index (Phi) is 8.76. The third-order valence-electron chi connectivity index (χ3n) is 8.34. The zero-order chi connectivity index (χ0) is 31.7. The number of hydrogen-bond donors (Lipinski definition) is 3. The van der Waals surface area contributed by atoms with Gasteiger partial charge in [-0.3, -0.25) is 19.4 Å². The molecule has 4 heterocycles. The number of para-hydroxylation sites is 1. The van der Waals surface area contributed by atoms with Gasteiger partial charge in [0.05, 0.1) is 29.0 Å². The Morgan fingerprint density at radius 2 is 2.04 bits per heavy atom. The summed E-state index contributed by atoms with van der Waals surface area (Å²) in [5.41, 5.74) is 8.92. The van der Waals surface area contributed by atoms with Crippen molar-refractivity contribution in [3.05, 3.63) is 47.5 Å². The van der Waals surface area contributed by atoms with Crippen LogP contribution < -0.4 is 21.1 Å². The topological polar surface area (TPSA) is 153 Å². The van der Waals surface area contributed by atoms with Crippen LogP contribution in [0.15, 0.2) is 36.4 Å². The molecule has 2 saturated heterocycles. The lowest BCUT2D eigenvalue weighted by Crippen LogP contribution is -2.66. The fraction of sp³-hybridized carbons (Fsp3) is 0.452. The standard InChI is InChI=1S/C31H38N8O5S/c1-3-5-11-33-31(43)37(12-4-2)38-17-27(41)39-22(14-19-9-10-23-21(13-19)34-25(40)18-44-23)29(42)36(16-26(38)39)15-20-7-6-8-24-28(20)35-30(32)45-24/h6-10,13,22,26H,3-5,11-12,14-18H2,1-2H3,(H2,32,35)(H,33,43)(H,34,40)/t22-,26+/m0/s1. The Labute approximate surface area is 265 Å². The molecule has 6 rings (SSSR count). The van der Waals surface area contributed by atoms with Gasteiger partial charge in [-0.15, -0.1) is 0 Å². The van der Waals surface area contributed by atoms with E-state index in [4.69, 9.17) is 10.5 Å². The Bertz CT molecular complexity index is 1630. The number of carbonyl (C=O) groups is 4. The molecule has 4 N–H and O–H groups in total. The molecule has 2 atom stereocenters. The van der Waals surface area contributed by atoms with Gasteiger partial charge >= 0.3 is 6.03 Å². The van der Waals surface area contributed by atoms with Crippen molar-refractivity contribution in [1.82, 2.24) is 30.1 Å². The normalized spacial score (nSPS) is 19.7. The third kappa shape index (κ3) is 6.12. The van der Waals surface area contributed by atoms with Crippen LogP contribution in [0, 0.1) is 0 Å². The molecule has 14 heteroatoms. The molecule has 1 aromatic heterocycles. The highest BCUT2D eigenvalue weighted by molar-refractivity contribution is 7.22. The van der Waals surface area contributed by atoms with Gasteiger partial charge < -0.3 is 30.9 Å². The average molecular weight is 635 g/mol. The first-order valence-corrected chi connectivity index (χ1v) is 16.2. The van der Waals surface area contributed by atoms with Crippen LogP contribution in [0.2, 0.25) is 0 Å². The SMILES string of the molecule is CCCCNC(=O)N(CCC)N1CC(=O)N2[C@@H](Cc3ccc4c(c3)NC(=O)CO4)C(=O)N(Cc3cccc4sc(N)nc34)C[C@@H]21. The van der Waals surface area contributed by atoms with Crippen LogP contribution in [0.1, 0.15) is 44.2 Å². The highest BCUT2D eigenvalue weighted by atomic mass is 32.1. The minimum atomic E-state index is -0.828. The molecule has 5 amide bonds. The maximum Gasteiger partial charge on any atom is 0.332 e. The van der Waals surface area contributed by atoms with Crippen LogP contribution in [-0.2, 0) is 27.3 Å². The number of nitrogens with two attached hydrogens (primary N) is 1. The van der Waals surface area contributed by atoms with Crippen molar-refractivity contribution in [2.24, 2.45) is 0 Å². The van der Waals surface area contributed by atoms with E-state index < -0.39 is 12.2 Å². The van der Waals surface area contributed by atoms with Gasteiger partial charge in [0.15, 0.2) is 11.7 Å². The largest absolute Gasteiger partial charge is 0.482 e. The number of nitrogens with one attached hydrogen (secondary N) is 2. The summed E-state index contributed by atoms with van der Waals surface area (Å²) in [6.45, 7) is 5.43. The third-order valence-corrected chi connectivity index (χ3v) is 9.19. The number of piperazine rings is 1. The van der Waals surface area contributed by atoms with Crippen LogP contribution in [0.25, 0.3) is 10.2 Å². The van der Waals surface area contributed by atoms with Crippen LogP contribution in [0.4, 0.5) is 15.6 Å². The predicted octanol–water partition coefficient (Wildman–Crippen LogP) is 2.77. The number of thiazole rings is 1. The zero-order valence-corrected chi connectivity index (χ0v) is 26.3. The highest BCUT2D eigenvalue weighted by Crippen LogP contribution is 2.34. The summed E-state index contributed by atoms with van der Waals surface area (Å²) in [6, 6.07) is 10.1. The number of aromatic nitrogens is 1. The zero-order valence-electron chi connectivity index (χ0n) is 25.5. The number of anilines is 2. The smallest absolute Gasteiger partial charge is 0.332 e. The minimum absolute atomic E-state index is 0.0181. The number of ether oxygens (including phenoxy) is 1. The van der Waals surface area contributed by atoms with Crippen molar-refractivity contribution in [1.29, 1.82) is 0 Å². The molecule has 45 heavy (non-hydrogen) atoms. The predicted molar refractivity (Wildman–Crippen MR) is 170 cm³/mol. The van der Waals surface area contributed by atoms with Crippen molar-refractivity contribution < 1.29 is 23.9 Å². The van der Waals surface area contributed by atoms with E-state index in [9.17, 15) is 19.2 Å². The van der Waals surface area contributed by atoms with E-state index in [0.29, 0.717) is 36.1 Å². The van der Waals surface area contributed by atoms with E-state index in [1.807, 2.05) is 36.2 Å². The van der Waals surface area contributed by atoms with Gasteiger partial charge in [0.2, 0.25) is 11.8 Å². The summed E-state index contributed by atoms with van der Waals surface area (Å²) in [5.74, 6) is -0.121. The molecule has 0 aliphatic carbocycles. The molecule has 13 nitrogen and oxygen atoms in total. The number of nitrogens with zero attached hydrogens (tertiary/aromatic N) is 5. The van der Waals surface area contributed by atoms with Crippen LogP contribution in [0.3, 0.4) is 0 Å². The van der Waals surface area contributed by atoms with Crippen LogP contribution in [0.5, 0.6) is 5.75 Å². The second-order valence-corrected chi connectivity index (χ2v) is 12.6. The lowest BCUT2D eigenvalue weighted by molar-refractivity contribution is -0.157. The van der Waals surface area contributed by atoms with Crippen molar-refractivity contribution in [3.8, 4) is 5.75 Å². The summed E-state index contributed by atoms with van der Waals surface area (Å²) in [5, 5.41) is 9.69. The number of hydrogen-bond acceptors (Lipinski definition) is 9. The molecule has 0 saturated carbocycles. The summed E-state index contributed by atoms with van der Waals surface area (Å²) in [4.78, 5) is 61.3. The van der Waals surface area contributed by atoms with E-state index in [1.54, 1.807) is 26.9 Å². The molecule has 0 bridgehead atoms. The van der Waals surface area contributed by atoms with E-state index in [1.165, 1.54) is 11.3 Å². The number of rotatable bonds is 10. The number of fused-ring (bicyclic) bond motifs is 3. The number of urea groups is 1. The molecular weight excluding hydrogens is 596 g/mol. The van der Waals surface area contributed by atoms with E-state index in [0.717, 1.165) is 34.2 Å². The monoisotopic (exact) mass is 634 g/mol. The molecule has 3 aromatic rings. The number of nitrogen functional groups attached to an aromatic ring is 1. The molecule has 3 aliphatic heterocycles. The Morgan fingerprint density at radius 3 is 2.84 bits per heavy atom. The van der Waals surface area contributed by atoms with Crippen molar-refractivity contribution >= 4 is 56.1 Å². The van der Waals surface area contributed by atoms with E-state index >= 15 is 0 Å². The molecule has 238 valence electrons. The van der Waals surface area contributed by atoms with E-state index in [-0.39, 0.29) is 56.4 Å². The van der Waals surface area contributed by atoms with Gasteiger partial charge in [-0.05, 0) is 42.2 Å². The van der Waals surface area contributed by atoms with Crippen molar-refractivity contribution in [3.63, 3.8) is 0 Å². The number of carbonyl (C=O) groups excluding carboxylic acids is 4. The van der Waals surface area contributed by atoms with Gasteiger partial charge in [-0.2, -0.15) is 5.01 Å². The number of unbranched alkanes of at least 4 members (excludes halogenated alkanes) is 1. The number of hydrazine groups is 1. The molecular formula is C31H38N8O5S. The quantitative estimate of drug-likeness (QED) is 0.288. The van der Waals surface area contributed by atoms with Gasteiger partial charge in [-0.25, -0.2) is 9.78 Å². The lowest BCUT2D eigenvalue weighted by Gasteiger charge is -2.46.